The first-order chi connectivity index (χ1) is 29.7. The SMILES string of the molecule is CC(C)C[C@H]1NC(=O)[C@@H](Cc2ccccc2)NC(=O)[C@@H](CN)NC(=O)[C@H](NC(=O)[C@H](CN)NC(=O)[C@@H](N)[C@@H](C)O)CNC(=O)[C@H]([C@@H](C)O)NC(=O)[C@@H](CN)NC(=O)[C@H](CN)NC1=O. The van der Waals surface area contributed by atoms with E-state index in [0.717, 1.165) is 6.92 Å². The van der Waals surface area contributed by atoms with Crippen LogP contribution in [0.25, 0.3) is 0 Å². The molecular formula is C38H64N14O11. The van der Waals surface area contributed by atoms with Gasteiger partial charge in [0.15, 0.2) is 0 Å². The molecule has 1 aromatic carbocycles. The van der Waals surface area contributed by atoms with Crippen molar-refractivity contribution in [2.75, 3.05) is 32.7 Å². The van der Waals surface area contributed by atoms with Crippen LogP contribution >= 0.6 is 0 Å². The summed E-state index contributed by atoms with van der Waals surface area (Å²) >= 11 is 0. The van der Waals surface area contributed by atoms with Gasteiger partial charge in [-0.25, -0.2) is 0 Å². The van der Waals surface area contributed by atoms with E-state index in [1.165, 1.54) is 6.92 Å². The monoisotopic (exact) mass is 892 g/mol. The molecule has 1 aliphatic rings. The molecule has 0 spiro atoms. The second-order valence-electron chi connectivity index (χ2n) is 15.4. The maximum Gasteiger partial charge on any atom is 0.245 e. The molecule has 1 aliphatic heterocycles. The Morgan fingerprint density at radius 1 is 0.651 bits per heavy atom. The summed E-state index contributed by atoms with van der Waals surface area (Å²) in [7, 11) is 0. The van der Waals surface area contributed by atoms with Gasteiger partial charge in [-0.1, -0.05) is 44.2 Å². The van der Waals surface area contributed by atoms with Crippen LogP contribution in [0.5, 0.6) is 0 Å². The molecule has 9 amide bonds. The van der Waals surface area contributed by atoms with E-state index in [0.29, 0.717) is 5.56 Å². The van der Waals surface area contributed by atoms with Gasteiger partial charge in [-0.05, 0) is 31.7 Å². The number of rotatable bonds is 14. The van der Waals surface area contributed by atoms with E-state index in [4.69, 9.17) is 28.7 Å². The summed E-state index contributed by atoms with van der Waals surface area (Å²) in [5.41, 5.74) is 29.6. The zero-order chi connectivity index (χ0) is 47.6. The lowest BCUT2D eigenvalue weighted by molar-refractivity contribution is -0.136. The van der Waals surface area contributed by atoms with Crippen LogP contribution < -0.4 is 76.5 Å². The molecule has 0 aromatic heterocycles. The summed E-state index contributed by atoms with van der Waals surface area (Å²) in [5, 5.41) is 41.8. The first kappa shape index (κ1) is 53.3. The van der Waals surface area contributed by atoms with Crippen LogP contribution in [0.3, 0.4) is 0 Å². The zero-order valence-corrected chi connectivity index (χ0v) is 35.7. The minimum Gasteiger partial charge on any atom is -0.391 e. The smallest absolute Gasteiger partial charge is 0.245 e. The predicted molar refractivity (Wildman–Crippen MR) is 226 cm³/mol. The van der Waals surface area contributed by atoms with Crippen molar-refractivity contribution in [1.82, 2.24) is 47.9 Å². The average Bonchev–Trinajstić information content (AvgIpc) is 3.24. The summed E-state index contributed by atoms with van der Waals surface area (Å²) in [6.45, 7) is 3.03. The van der Waals surface area contributed by atoms with Crippen molar-refractivity contribution in [2.24, 2.45) is 34.6 Å². The summed E-state index contributed by atoms with van der Waals surface area (Å²) in [6, 6.07) is -5.35. The second-order valence-corrected chi connectivity index (χ2v) is 15.4. The fourth-order valence-electron chi connectivity index (χ4n) is 5.99. The fourth-order valence-corrected chi connectivity index (χ4v) is 5.99. The number of nitrogens with two attached hydrogens (primary N) is 5. The quantitative estimate of drug-likeness (QED) is 0.0825. The van der Waals surface area contributed by atoms with Gasteiger partial charge in [0.1, 0.15) is 54.4 Å². The van der Waals surface area contributed by atoms with Crippen LogP contribution in [-0.4, -0.2) is 163 Å². The van der Waals surface area contributed by atoms with Gasteiger partial charge in [0, 0.05) is 39.1 Å². The molecule has 63 heavy (non-hydrogen) atoms. The maximum atomic E-state index is 14.0. The molecule has 0 saturated carbocycles. The molecule has 25 heteroatoms. The van der Waals surface area contributed by atoms with Crippen LogP contribution in [0, 0.1) is 5.92 Å². The van der Waals surface area contributed by atoms with Crippen molar-refractivity contribution < 1.29 is 53.4 Å². The fraction of sp³-hybridized carbons (Fsp3) is 0.605. The number of aliphatic hydroxyl groups excluding tert-OH is 2. The Kier molecular flexibility index (Phi) is 22.0. The summed E-state index contributed by atoms with van der Waals surface area (Å²) in [5.74, 6) is -9.14. The number of benzene rings is 1. The third-order valence-corrected chi connectivity index (χ3v) is 9.73. The molecule has 2 rings (SSSR count). The van der Waals surface area contributed by atoms with Crippen LogP contribution in [0.15, 0.2) is 30.3 Å². The Bertz CT molecular complexity index is 1750. The van der Waals surface area contributed by atoms with Crippen LogP contribution in [0.4, 0.5) is 0 Å². The van der Waals surface area contributed by atoms with Gasteiger partial charge in [-0.15, -0.1) is 0 Å². The maximum absolute atomic E-state index is 14.0. The van der Waals surface area contributed by atoms with Gasteiger partial charge in [0.2, 0.25) is 53.2 Å². The third-order valence-electron chi connectivity index (χ3n) is 9.73. The highest BCUT2D eigenvalue weighted by Gasteiger charge is 2.36. The second kappa shape index (κ2) is 25.9. The first-order valence-electron chi connectivity index (χ1n) is 20.3. The van der Waals surface area contributed by atoms with Gasteiger partial charge in [0.25, 0.3) is 0 Å². The lowest BCUT2D eigenvalue weighted by Crippen LogP contribution is -2.65. The van der Waals surface area contributed by atoms with Gasteiger partial charge in [0.05, 0.1) is 12.2 Å². The van der Waals surface area contributed by atoms with Crippen molar-refractivity contribution in [3.63, 3.8) is 0 Å². The average molecular weight is 893 g/mol. The van der Waals surface area contributed by atoms with Crippen molar-refractivity contribution in [2.45, 2.75) is 107 Å². The Balaban J connectivity index is 2.68. The molecule has 21 N–H and O–H groups in total. The largest absolute Gasteiger partial charge is 0.391 e. The minimum atomic E-state index is -1.79. The molecule has 25 nitrogen and oxygen atoms in total. The van der Waals surface area contributed by atoms with Crippen molar-refractivity contribution in [3.8, 4) is 0 Å². The molecule has 0 unspecified atom stereocenters. The van der Waals surface area contributed by atoms with E-state index in [2.05, 4.69) is 47.9 Å². The van der Waals surface area contributed by atoms with E-state index in [1.807, 2.05) is 0 Å². The lowest BCUT2D eigenvalue weighted by atomic mass is 10.0. The lowest BCUT2D eigenvalue weighted by Gasteiger charge is -2.29. The van der Waals surface area contributed by atoms with E-state index in [9.17, 15) is 53.4 Å². The molecule has 1 aromatic rings. The first-order valence-corrected chi connectivity index (χ1v) is 20.3. The van der Waals surface area contributed by atoms with Gasteiger partial charge in [-0.2, -0.15) is 0 Å². The number of carbonyl (C=O) groups excluding carboxylic acids is 9. The van der Waals surface area contributed by atoms with Crippen molar-refractivity contribution >= 4 is 53.2 Å². The van der Waals surface area contributed by atoms with Crippen LogP contribution in [0.1, 0.15) is 39.7 Å². The Labute approximate surface area is 364 Å². The summed E-state index contributed by atoms with van der Waals surface area (Å²) in [4.78, 5) is 122. The standard InChI is InChI=1S/C38H64N14O11/c1-17(2)10-21-30(55)47-24(13-40)33(58)48-26(15-42)35(60)52-29(19(4)54)38(63)44-16-27(51-34(59)25(14-41)50-37(62)28(43)18(3)53)36(61)49-23(12-39)32(57)46-22(31(56)45-21)11-20-8-6-5-7-9-20/h5-9,17-19,21-29,53-54H,10-16,39-43H2,1-4H3,(H,44,63)(H,45,56)(H,46,57)(H,47,55)(H,48,58)(H,49,61)(H,50,62)(H,51,59)(H,52,60)/t18-,19-,21-,22-,23-,24+,25+,26-,27-,28+,29+/m1/s1. The predicted octanol–water partition coefficient (Wildman–Crippen LogP) is -8.79. The highest BCUT2D eigenvalue weighted by molar-refractivity contribution is 5.99. The third kappa shape index (κ3) is 16.8. The molecule has 352 valence electrons. The molecule has 0 aliphatic carbocycles. The minimum absolute atomic E-state index is 0.0513. The molecular weight excluding hydrogens is 829 g/mol. The molecule has 0 bridgehead atoms. The Morgan fingerprint density at radius 3 is 1.59 bits per heavy atom. The van der Waals surface area contributed by atoms with E-state index in [-0.39, 0.29) is 18.8 Å². The van der Waals surface area contributed by atoms with Crippen molar-refractivity contribution in [1.29, 1.82) is 0 Å². The molecule has 0 radical (unpaired) electrons. The number of carbonyl (C=O) groups is 9. The van der Waals surface area contributed by atoms with Crippen molar-refractivity contribution in [3.05, 3.63) is 35.9 Å². The van der Waals surface area contributed by atoms with E-state index >= 15 is 0 Å². The highest BCUT2D eigenvalue weighted by Crippen LogP contribution is 2.09. The molecule has 1 saturated heterocycles. The molecule has 1 heterocycles. The van der Waals surface area contributed by atoms with E-state index < -0.39 is 152 Å². The van der Waals surface area contributed by atoms with Crippen LogP contribution in [0.2, 0.25) is 0 Å². The van der Waals surface area contributed by atoms with Gasteiger partial charge in [-0.3, -0.25) is 43.2 Å². The summed E-state index contributed by atoms with van der Waals surface area (Å²) < 4.78 is 0. The number of amides is 9. The zero-order valence-electron chi connectivity index (χ0n) is 35.7. The van der Waals surface area contributed by atoms with Crippen LogP contribution in [-0.2, 0) is 49.6 Å². The van der Waals surface area contributed by atoms with E-state index in [1.54, 1.807) is 44.2 Å². The van der Waals surface area contributed by atoms with Gasteiger partial charge < -0.3 is 86.7 Å². The Hall–Kier alpha value is -5.83. The van der Waals surface area contributed by atoms with Gasteiger partial charge >= 0.3 is 0 Å². The number of aliphatic hydroxyl groups is 2. The number of hydrogen-bond donors (Lipinski definition) is 16. The molecule has 11 atom stereocenters. The normalized spacial score (nSPS) is 25.7. The molecule has 1 fully saturated rings. The summed E-state index contributed by atoms with van der Waals surface area (Å²) in [6.07, 6.45) is -2.99. The number of nitrogens with one attached hydrogen (secondary N) is 9. The highest BCUT2D eigenvalue weighted by atomic mass is 16.3. The topological polar surface area (TPSA) is 432 Å². The number of hydrogen-bond acceptors (Lipinski definition) is 16. The Morgan fingerprint density at radius 2 is 1.11 bits per heavy atom.